The number of ether oxygens (including phenoxy) is 1. The van der Waals surface area contributed by atoms with Crippen molar-refractivity contribution in [2.75, 3.05) is 0 Å². The van der Waals surface area contributed by atoms with E-state index in [1.165, 1.54) is 0 Å². The number of rotatable bonds is 1. The Morgan fingerprint density at radius 3 is 2.08 bits per heavy atom. The lowest BCUT2D eigenvalue weighted by Gasteiger charge is -2.24. The third kappa shape index (κ3) is 1.99. The van der Waals surface area contributed by atoms with E-state index in [4.69, 9.17) is 0 Å². The molecule has 0 aromatic rings. The van der Waals surface area contributed by atoms with E-state index in [1.54, 1.807) is 0 Å². The normalized spacial score (nSPS) is 20.9. The molecule has 0 spiro atoms. The lowest BCUT2D eigenvalue weighted by molar-refractivity contribution is -0.172. The van der Waals surface area contributed by atoms with Crippen molar-refractivity contribution in [3.05, 3.63) is 0 Å². The minimum atomic E-state index is -2.99. The summed E-state index contributed by atoms with van der Waals surface area (Å²) in [6.45, 7) is 0.698. The number of halogens is 2. The first-order valence-electron chi connectivity index (χ1n) is 3.51. The molecule has 1 saturated heterocycles. The van der Waals surface area contributed by atoms with Crippen molar-refractivity contribution >= 4 is 11.9 Å². The van der Waals surface area contributed by atoms with Crippen LogP contribution in [0.5, 0.6) is 0 Å². The Morgan fingerprint density at radius 2 is 1.75 bits per heavy atom. The van der Waals surface area contributed by atoms with Gasteiger partial charge in [0.25, 0.3) is 0 Å². The average Bonchev–Trinajstić information content (AvgIpc) is 1.82. The number of carbonyl (C=O) groups excluding carboxylic acids is 2. The average molecular weight is 178 g/mol. The fourth-order valence-electron chi connectivity index (χ4n) is 1.04. The quantitative estimate of drug-likeness (QED) is 0.446. The standard InChI is InChI=1S/C7H8F2O3/c1-7(8,9)4-2-5(10)12-6(11)3-4/h4H,2-3H2,1H3. The van der Waals surface area contributed by atoms with E-state index < -0.39 is 23.8 Å². The molecule has 0 aromatic carbocycles. The Kier molecular flexibility index (Phi) is 2.12. The van der Waals surface area contributed by atoms with Gasteiger partial charge in [0.2, 0.25) is 5.92 Å². The van der Waals surface area contributed by atoms with Crippen LogP contribution in [0.2, 0.25) is 0 Å². The van der Waals surface area contributed by atoms with Crippen LogP contribution in [-0.4, -0.2) is 17.9 Å². The Balaban J connectivity index is 2.68. The third-order valence-corrected chi connectivity index (χ3v) is 1.77. The summed E-state index contributed by atoms with van der Waals surface area (Å²) in [6, 6.07) is 0. The highest BCUT2D eigenvalue weighted by molar-refractivity contribution is 5.88. The molecule has 0 aliphatic carbocycles. The van der Waals surface area contributed by atoms with Gasteiger partial charge < -0.3 is 4.74 Å². The monoisotopic (exact) mass is 178 g/mol. The molecule has 12 heavy (non-hydrogen) atoms. The largest absolute Gasteiger partial charge is 0.393 e. The van der Waals surface area contributed by atoms with Crippen LogP contribution in [0.4, 0.5) is 8.78 Å². The van der Waals surface area contributed by atoms with Crippen molar-refractivity contribution in [1.82, 2.24) is 0 Å². The number of esters is 2. The first kappa shape index (κ1) is 9.09. The zero-order chi connectivity index (χ0) is 9.35. The van der Waals surface area contributed by atoms with Gasteiger partial charge in [0, 0.05) is 5.92 Å². The molecule has 1 heterocycles. The Bertz CT molecular complexity index is 203. The Hall–Kier alpha value is -1.00. The van der Waals surface area contributed by atoms with Crippen LogP contribution in [0, 0.1) is 5.92 Å². The van der Waals surface area contributed by atoms with Gasteiger partial charge >= 0.3 is 11.9 Å². The number of cyclic esters (lactones) is 2. The molecule has 0 saturated carbocycles. The summed E-state index contributed by atoms with van der Waals surface area (Å²) in [5, 5.41) is 0. The maximum atomic E-state index is 12.6. The van der Waals surface area contributed by atoms with Crippen LogP contribution in [0.15, 0.2) is 0 Å². The van der Waals surface area contributed by atoms with Crippen LogP contribution in [0.3, 0.4) is 0 Å². The van der Waals surface area contributed by atoms with Gasteiger partial charge in [-0.05, 0) is 6.92 Å². The van der Waals surface area contributed by atoms with Crippen molar-refractivity contribution < 1.29 is 23.1 Å². The van der Waals surface area contributed by atoms with Gasteiger partial charge in [-0.2, -0.15) is 0 Å². The lowest BCUT2D eigenvalue weighted by Crippen LogP contribution is -2.35. The lowest BCUT2D eigenvalue weighted by atomic mass is 9.93. The summed E-state index contributed by atoms with van der Waals surface area (Å²) in [4.78, 5) is 21.1. The Labute approximate surface area is 67.7 Å². The zero-order valence-electron chi connectivity index (χ0n) is 6.47. The van der Waals surface area contributed by atoms with Crippen LogP contribution >= 0.6 is 0 Å². The summed E-state index contributed by atoms with van der Waals surface area (Å²) in [5.74, 6) is -5.92. The van der Waals surface area contributed by atoms with Crippen molar-refractivity contribution in [2.45, 2.75) is 25.7 Å². The van der Waals surface area contributed by atoms with E-state index in [0.29, 0.717) is 6.92 Å². The van der Waals surface area contributed by atoms with Gasteiger partial charge in [0.05, 0.1) is 12.8 Å². The molecular weight excluding hydrogens is 170 g/mol. The number of alkyl halides is 2. The predicted molar refractivity (Wildman–Crippen MR) is 34.4 cm³/mol. The molecule has 5 heteroatoms. The molecular formula is C7H8F2O3. The molecule has 1 fully saturated rings. The summed E-state index contributed by atoms with van der Waals surface area (Å²) >= 11 is 0. The molecule has 0 atom stereocenters. The van der Waals surface area contributed by atoms with E-state index >= 15 is 0 Å². The van der Waals surface area contributed by atoms with Crippen LogP contribution < -0.4 is 0 Å². The van der Waals surface area contributed by atoms with Gasteiger partial charge in [0.15, 0.2) is 0 Å². The molecule has 1 rings (SSSR count). The Morgan fingerprint density at radius 1 is 1.33 bits per heavy atom. The molecule has 0 aromatic heterocycles. The van der Waals surface area contributed by atoms with E-state index in [9.17, 15) is 18.4 Å². The fraction of sp³-hybridized carbons (Fsp3) is 0.714. The van der Waals surface area contributed by atoms with E-state index in [-0.39, 0.29) is 12.8 Å². The minimum Gasteiger partial charge on any atom is -0.393 e. The molecule has 3 nitrogen and oxygen atoms in total. The first-order valence-corrected chi connectivity index (χ1v) is 3.51. The second-order valence-electron chi connectivity index (χ2n) is 2.91. The fourth-order valence-corrected chi connectivity index (χ4v) is 1.04. The van der Waals surface area contributed by atoms with Gasteiger partial charge in [-0.3, -0.25) is 9.59 Å². The van der Waals surface area contributed by atoms with E-state index in [1.807, 2.05) is 0 Å². The second-order valence-corrected chi connectivity index (χ2v) is 2.91. The summed E-state index contributed by atoms with van der Waals surface area (Å²) in [7, 11) is 0. The maximum Gasteiger partial charge on any atom is 0.313 e. The molecule has 0 radical (unpaired) electrons. The highest BCUT2D eigenvalue weighted by Crippen LogP contribution is 2.32. The molecule has 0 unspecified atom stereocenters. The van der Waals surface area contributed by atoms with Crippen molar-refractivity contribution in [2.24, 2.45) is 5.92 Å². The molecule has 0 N–H and O–H groups in total. The highest BCUT2D eigenvalue weighted by Gasteiger charge is 2.41. The third-order valence-electron chi connectivity index (χ3n) is 1.77. The van der Waals surface area contributed by atoms with Crippen molar-refractivity contribution in [1.29, 1.82) is 0 Å². The molecule has 1 aliphatic heterocycles. The number of hydrogen-bond acceptors (Lipinski definition) is 3. The smallest absolute Gasteiger partial charge is 0.313 e. The van der Waals surface area contributed by atoms with E-state index in [2.05, 4.69) is 4.74 Å². The topological polar surface area (TPSA) is 43.4 Å². The maximum absolute atomic E-state index is 12.6. The van der Waals surface area contributed by atoms with Crippen LogP contribution in [0.25, 0.3) is 0 Å². The predicted octanol–water partition coefficient (Wildman–Crippen LogP) is 1.12. The second kappa shape index (κ2) is 2.80. The zero-order valence-corrected chi connectivity index (χ0v) is 6.47. The van der Waals surface area contributed by atoms with Gasteiger partial charge in [-0.25, -0.2) is 8.78 Å². The number of carbonyl (C=O) groups is 2. The minimum absolute atomic E-state index is 0.380. The molecule has 0 amide bonds. The van der Waals surface area contributed by atoms with Crippen molar-refractivity contribution in [3.63, 3.8) is 0 Å². The summed E-state index contributed by atoms with van der Waals surface area (Å²) < 4.78 is 29.3. The first-order chi connectivity index (χ1) is 5.39. The van der Waals surface area contributed by atoms with Gasteiger partial charge in [-0.1, -0.05) is 0 Å². The van der Waals surface area contributed by atoms with Gasteiger partial charge in [-0.15, -0.1) is 0 Å². The van der Waals surface area contributed by atoms with Crippen molar-refractivity contribution in [3.8, 4) is 0 Å². The SMILES string of the molecule is CC(F)(F)C1CC(=O)OC(=O)C1. The number of hydrogen-bond donors (Lipinski definition) is 0. The van der Waals surface area contributed by atoms with E-state index in [0.717, 1.165) is 0 Å². The summed E-state index contributed by atoms with van der Waals surface area (Å²) in [6.07, 6.45) is -0.759. The molecule has 68 valence electrons. The van der Waals surface area contributed by atoms with Crippen LogP contribution in [-0.2, 0) is 14.3 Å². The molecule has 0 bridgehead atoms. The summed E-state index contributed by atoms with van der Waals surface area (Å²) in [5.41, 5.74) is 0. The van der Waals surface area contributed by atoms with Gasteiger partial charge in [0.1, 0.15) is 0 Å². The van der Waals surface area contributed by atoms with Crippen LogP contribution in [0.1, 0.15) is 19.8 Å². The highest BCUT2D eigenvalue weighted by atomic mass is 19.3. The molecule has 1 aliphatic rings.